The van der Waals surface area contributed by atoms with Crippen LogP contribution in [0.4, 0.5) is 11.4 Å². The lowest BCUT2D eigenvalue weighted by molar-refractivity contribution is -0.384. The van der Waals surface area contributed by atoms with Crippen molar-refractivity contribution in [1.29, 1.82) is 0 Å². The maximum Gasteiger partial charge on any atom is 0.293 e. The molecule has 32 heavy (non-hydrogen) atoms. The minimum Gasteiger partial charge on any atom is -0.378 e. The molecule has 2 aliphatic heterocycles. The maximum atomic E-state index is 12.8. The number of hydrogen-bond acceptors (Lipinski definition) is 7. The summed E-state index contributed by atoms with van der Waals surface area (Å²) in [5, 5.41) is 11.6. The molecular weight excluding hydrogens is 408 g/mol. The van der Waals surface area contributed by atoms with E-state index in [0.717, 1.165) is 32.7 Å². The average molecular weight is 439 g/mol. The first-order valence-electron chi connectivity index (χ1n) is 11.2. The van der Waals surface area contributed by atoms with E-state index in [1.165, 1.54) is 11.6 Å². The van der Waals surface area contributed by atoms with Gasteiger partial charge in [-0.25, -0.2) is 0 Å². The lowest BCUT2D eigenvalue weighted by atomic mass is 10.1. The predicted octanol–water partition coefficient (Wildman–Crippen LogP) is 2.82. The van der Waals surface area contributed by atoms with Crippen molar-refractivity contribution >= 4 is 17.2 Å². The third-order valence-electron chi connectivity index (χ3n) is 6.21. The quantitative estimate of drug-likeness (QED) is 0.356. The highest BCUT2D eigenvalue weighted by molar-refractivity contribution is 5.97. The summed E-state index contributed by atoms with van der Waals surface area (Å²) in [5.74, 6) is -0.0478. The molecule has 2 saturated heterocycles. The number of Topliss-reactive ketones (excluding diaryl/α,β-unsaturated/α-hetero) is 1. The fourth-order valence-corrected chi connectivity index (χ4v) is 4.33. The highest BCUT2D eigenvalue weighted by Crippen LogP contribution is 2.30. The van der Waals surface area contributed by atoms with Crippen LogP contribution in [0.3, 0.4) is 0 Å². The highest BCUT2D eigenvalue weighted by Gasteiger charge is 2.24. The van der Waals surface area contributed by atoms with Gasteiger partial charge in [-0.05, 0) is 17.7 Å². The van der Waals surface area contributed by atoms with Crippen molar-refractivity contribution in [3.8, 4) is 0 Å². The van der Waals surface area contributed by atoms with Gasteiger partial charge >= 0.3 is 0 Å². The largest absolute Gasteiger partial charge is 0.378 e. The summed E-state index contributed by atoms with van der Waals surface area (Å²) >= 11 is 0. The lowest BCUT2D eigenvalue weighted by Gasteiger charge is -2.34. The molecule has 0 radical (unpaired) electrons. The van der Waals surface area contributed by atoms with Gasteiger partial charge in [0.2, 0.25) is 0 Å². The van der Waals surface area contributed by atoms with Gasteiger partial charge in [-0.3, -0.25) is 19.8 Å². The highest BCUT2D eigenvalue weighted by atomic mass is 16.6. The lowest BCUT2D eigenvalue weighted by Crippen LogP contribution is -2.46. The number of anilines is 1. The summed E-state index contributed by atoms with van der Waals surface area (Å²) in [5.41, 5.74) is 2.28. The number of benzene rings is 2. The summed E-state index contributed by atoms with van der Waals surface area (Å²) in [4.78, 5) is 30.7. The number of hydrogen-bond donors (Lipinski definition) is 0. The second-order valence-electron chi connectivity index (χ2n) is 8.34. The Labute approximate surface area is 188 Å². The van der Waals surface area contributed by atoms with Crippen LogP contribution >= 0.6 is 0 Å². The minimum absolute atomic E-state index is 0.00715. The molecule has 2 aromatic rings. The SMILES string of the molecule is O=C(CCN1CCN(Cc2ccccc2)CC1)c1ccc(N2CCOCC2)c([N+](=O)[O-])c1. The molecule has 8 heteroatoms. The van der Waals surface area contributed by atoms with Crippen molar-refractivity contribution in [3.63, 3.8) is 0 Å². The average Bonchev–Trinajstić information content (AvgIpc) is 2.84. The predicted molar refractivity (Wildman–Crippen MR) is 123 cm³/mol. The zero-order valence-electron chi connectivity index (χ0n) is 18.3. The number of nitrogens with zero attached hydrogens (tertiary/aromatic N) is 4. The molecule has 170 valence electrons. The van der Waals surface area contributed by atoms with Gasteiger partial charge in [0.1, 0.15) is 5.69 Å². The van der Waals surface area contributed by atoms with Gasteiger partial charge in [-0.1, -0.05) is 30.3 Å². The fourth-order valence-electron chi connectivity index (χ4n) is 4.33. The molecule has 0 N–H and O–H groups in total. The molecule has 4 rings (SSSR count). The minimum atomic E-state index is -0.395. The number of nitro benzene ring substituents is 1. The molecule has 2 aromatic carbocycles. The number of carbonyl (C=O) groups excluding carboxylic acids is 1. The van der Waals surface area contributed by atoms with Gasteiger partial charge in [0.25, 0.3) is 5.69 Å². The van der Waals surface area contributed by atoms with Crippen LogP contribution in [0, 0.1) is 10.1 Å². The Morgan fingerprint density at radius 3 is 2.31 bits per heavy atom. The summed E-state index contributed by atoms with van der Waals surface area (Å²) in [6.07, 6.45) is 0.368. The van der Waals surface area contributed by atoms with Gasteiger partial charge in [0.15, 0.2) is 5.78 Å². The van der Waals surface area contributed by atoms with Gasteiger partial charge in [0, 0.05) is 70.4 Å². The summed E-state index contributed by atoms with van der Waals surface area (Å²) in [6.45, 7) is 7.77. The monoisotopic (exact) mass is 438 g/mol. The van der Waals surface area contributed by atoms with Crippen molar-refractivity contribution in [3.05, 3.63) is 69.8 Å². The van der Waals surface area contributed by atoms with Crippen LogP contribution in [-0.4, -0.2) is 79.5 Å². The van der Waals surface area contributed by atoms with E-state index in [1.54, 1.807) is 12.1 Å². The third kappa shape index (κ3) is 5.70. The van der Waals surface area contributed by atoms with E-state index in [0.29, 0.717) is 50.5 Å². The van der Waals surface area contributed by atoms with E-state index in [4.69, 9.17) is 4.74 Å². The molecule has 0 aromatic heterocycles. The Kier molecular flexibility index (Phi) is 7.47. The van der Waals surface area contributed by atoms with Crippen molar-refractivity contribution in [1.82, 2.24) is 9.80 Å². The van der Waals surface area contributed by atoms with Crippen LogP contribution in [0.1, 0.15) is 22.3 Å². The first-order valence-corrected chi connectivity index (χ1v) is 11.2. The molecule has 2 heterocycles. The summed E-state index contributed by atoms with van der Waals surface area (Å²) in [6, 6.07) is 15.3. The Balaban J connectivity index is 1.29. The third-order valence-corrected chi connectivity index (χ3v) is 6.21. The molecule has 0 atom stereocenters. The van der Waals surface area contributed by atoms with Gasteiger partial charge in [-0.2, -0.15) is 0 Å². The second-order valence-corrected chi connectivity index (χ2v) is 8.34. The van der Waals surface area contributed by atoms with Crippen LogP contribution in [0.15, 0.2) is 48.5 Å². The van der Waals surface area contributed by atoms with E-state index in [2.05, 4.69) is 34.1 Å². The molecule has 0 aliphatic carbocycles. The molecule has 0 bridgehead atoms. The summed E-state index contributed by atoms with van der Waals surface area (Å²) in [7, 11) is 0. The number of piperazine rings is 1. The fraction of sp³-hybridized carbons (Fsp3) is 0.458. The van der Waals surface area contributed by atoms with Crippen molar-refractivity contribution in [2.24, 2.45) is 0 Å². The van der Waals surface area contributed by atoms with E-state index in [9.17, 15) is 14.9 Å². The molecule has 0 spiro atoms. The molecule has 2 fully saturated rings. The van der Waals surface area contributed by atoms with Crippen LogP contribution < -0.4 is 4.90 Å². The van der Waals surface area contributed by atoms with Crippen LogP contribution in [0.5, 0.6) is 0 Å². The van der Waals surface area contributed by atoms with E-state index >= 15 is 0 Å². The maximum absolute atomic E-state index is 12.8. The Morgan fingerprint density at radius 2 is 1.62 bits per heavy atom. The molecule has 0 saturated carbocycles. The number of ketones is 1. The normalized spacial score (nSPS) is 17.9. The standard InChI is InChI=1S/C24H30N4O4/c29-24(8-9-25-10-12-26(13-11-25)19-20-4-2-1-3-5-20)21-6-7-22(23(18-21)28(30)31)27-14-16-32-17-15-27/h1-7,18H,8-17,19H2. The smallest absolute Gasteiger partial charge is 0.293 e. The Hall–Kier alpha value is -2.81. The second kappa shape index (κ2) is 10.7. The van der Waals surface area contributed by atoms with E-state index in [-0.39, 0.29) is 11.5 Å². The van der Waals surface area contributed by atoms with Crippen LogP contribution in [-0.2, 0) is 11.3 Å². The molecule has 8 nitrogen and oxygen atoms in total. The molecule has 0 unspecified atom stereocenters. The number of morpholine rings is 1. The molecular formula is C24H30N4O4. The Bertz CT molecular complexity index is 923. The topological polar surface area (TPSA) is 79.2 Å². The van der Waals surface area contributed by atoms with Gasteiger partial charge < -0.3 is 14.5 Å². The van der Waals surface area contributed by atoms with Gasteiger partial charge in [-0.15, -0.1) is 0 Å². The molecule has 0 amide bonds. The van der Waals surface area contributed by atoms with Gasteiger partial charge in [0.05, 0.1) is 18.1 Å². The summed E-state index contributed by atoms with van der Waals surface area (Å²) < 4.78 is 5.34. The van der Waals surface area contributed by atoms with E-state index in [1.807, 2.05) is 11.0 Å². The zero-order chi connectivity index (χ0) is 22.3. The molecule has 2 aliphatic rings. The number of carbonyl (C=O) groups is 1. The number of nitro groups is 1. The van der Waals surface area contributed by atoms with Crippen LogP contribution in [0.2, 0.25) is 0 Å². The van der Waals surface area contributed by atoms with E-state index < -0.39 is 4.92 Å². The zero-order valence-corrected chi connectivity index (χ0v) is 18.3. The Morgan fingerprint density at radius 1 is 0.938 bits per heavy atom. The van der Waals surface area contributed by atoms with Crippen molar-refractivity contribution < 1.29 is 14.5 Å². The first-order chi connectivity index (χ1) is 15.6. The first kappa shape index (κ1) is 22.4. The number of rotatable bonds is 8. The van der Waals surface area contributed by atoms with Crippen molar-refractivity contribution in [2.75, 3.05) is 63.9 Å². The number of ether oxygens (including phenoxy) is 1. The van der Waals surface area contributed by atoms with Crippen LogP contribution in [0.25, 0.3) is 0 Å². The van der Waals surface area contributed by atoms with Crippen molar-refractivity contribution in [2.45, 2.75) is 13.0 Å².